The number of rotatable bonds is 3. The summed E-state index contributed by atoms with van der Waals surface area (Å²) in [6.07, 6.45) is 9.82. The first-order chi connectivity index (χ1) is 11.7. The van der Waals surface area contributed by atoms with Gasteiger partial charge in [-0.1, -0.05) is 25.8 Å². The molecule has 2 nitrogen and oxygen atoms in total. The van der Waals surface area contributed by atoms with Crippen LogP contribution in [-0.2, 0) is 11.8 Å². The molecule has 3 fully saturated rings. The van der Waals surface area contributed by atoms with Gasteiger partial charge in [0.2, 0.25) is 0 Å². The summed E-state index contributed by atoms with van der Waals surface area (Å²) in [5.74, 6) is 3.79. The molecular weight excluding hydrogens is 294 g/mol. The molecule has 0 spiro atoms. The average Bonchev–Trinajstić information content (AvgIpc) is 3.41. The number of piperidine rings is 1. The molecule has 1 heterocycles. The molecule has 0 N–H and O–H groups in total. The van der Waals surface area contributed by atoms with E-state index in [0.29, 0.717) is 5.41 Å². The van der Waals surface area contributed by atoms with Gasteiger partial charge in [0.15, 0.2) is 0 Å². The van der Waals surface area contributed by atoms with E-state index >= 15 is 0 Å². The summed E-state index contributed by atoms with van der Waals surface area (Å²) in [6.45, 7) is 5.23. The Bertz CT molecular complexity index is 637. The van der Waals surface area contributed by atoms with Gasteiger partial charge < -0.3 is 4.74 Å². The average molecular weight is 325 g/mol. The number of benzene rings is 1. The maximum absolute atomic E-state index is 5.59. The molecule has 24 heavy (non-hydrogen) atoms. The van der Waals surface area contributed by atoms with Crippen LogP contribution in [0.3, 0.4) is 0 Å². The molecule has 3 aliphatic carbocycles. The zero-order chi connectivity index (χ0) is 16.3. The highest BCUT2D eigenvalue weighted by Crippen LogP contribution is 2.58. The van der Waals surface area contributed by atoms with Crippen molar-refractivity contribution >= 4 is 0 Å². The Balaban J connectivity index is 1.60. The third-order valence-electron chi connectivity index (χ3n) is 7.73. The van der Waals surface area contributed by atoms with Gasteiger partial charge in [0.1, 0.15) is 5.75 Å². The Kier molecular flexibility index (Phi) is 3.49. The van der Waals surface area contributed by atoms with Crippen molar-refractivity contribution in [3.63, 3.8) is 0 Å². The highest BCUT2D eigenvalue weighted by molar-refractivity contribution is 5.45. The summed E-state index contributed by atoms with van der Waals surface area (Å²) >= 11 is 0. The van der Waals surface area contributed by atoms with Gasteiger partial charge in [-0.3, -0.25) is 4.90 Å². The van der Waals surface area contributed by atoms with Crippen molar-refractivity contribution in [3.8, 4) is 5.75 Å². The van der Waals surface area contributed by atoms with Crippen LogP contribution >= 0.6 is 0 Å². The van der Waals surface area contributed by atoms with E-state index in [9.17, 15) is 0 Å². The number of fused-ring (bicyclic) bond motifs is 1. The molecule has 4 atom stereocenters. The first kappa shape index (κ1) is 15.3. The van der Waals surface area contributed by atoms with Crippen LogP contribution < -0.4 is 4.74 Å². The minimum Gasteiger partial charge on any atom is -0.497 e. The summed E-state index contributed by atoms with van der Waals surface area (Å²) in [7, 11) is 1.81. The standard InChI is InChI=1S/C22H31NO/c1-15-4-3-9-22-10-11-23(14-16-5-6-16)20(21(15)22)12-17-7-8-18(24-2)13-19(17)22/h7-8,13,15-16,20-21H,3-6,9-12,14H2,1-2H3/t15-,20+,21?,22-/m0/s1. The Morgan fingerprint density at radius 3 is 2.88 bits per heavy atom. The fraction of sp³-hybridized carbons (Fsp3) is 0.727. The van der Waals surface area contributed by atoms with Gasteiger partial charge in [-0.2, -0.15) is 0 Å². The molecule has 1 unspecified atom stereocenters. The third-order valence-corrected chi connectivity index (χ3v) is 7.73. The van der Waals surface area contributed by atoms with E-state index in [0.717, 1.165) is 29.5 Å². The van der Waals surface area contributed by atoms with E-state index in [1.165, 1.54) is 58.0 Å². The summed E-state index contributed by atoms with van der Waals surface area (Å²) in [4.78, 5) is 2.90. The van der Waals surface area contributed by atoms with Gasteiger partial charge in [-0.25, -0.2) is 0 Å². The van der Waals surface area contributed by atoms with Crippen LogP contribution in [0.2, 0.25) is 0 Å². The molecule has 0 radical (unpaired) electrons. The predicted octanol–water partition coefficient (Wildman–Crippen LogP) is 4.41. The molecule has 1 aromatic rings. The Morgan fingerprint density at radius 2 is 2.08 bits per heavy atom. The van der Waals surface area contributed by atoms with Crippen LogP contribution in [0.5, 0.6) is 5.75 Å². The fourth-order valence-corrected chi connectivity index (χ4v) is 6.52. The van der Waals surface area contributed by atoms with Crippen molar-refractivity contribution in [2.75, 3.05) is 20.2 Å². The zero-order valence-corrected chi connectivity index (χ0v) is 15.3. The number of hydrogen-bond donors (Lipinski definition) is 0. The van der Waals surface area contributed by atoms with Gasteiger partial charge in [0.25, 0.3) is 0 Å². The smallest absolute Gasteiger partial charge is 0.119 e. The van der Waals surface area contributed by atoms with E-state index in [1.807, 2.05) is 7.11 Å². The lowest BCUT2D eigenvalue weighted by Crippen LogP contribution is -2.63. The molecule has 2 heteroatoms. The first-order valence-electron chi connectivity index (χ1n) is 10.1. The van der Waals surface area contributed by atoms with Crippen LogP contribution in [0.25, 0.3) is 0 Å². The van der Waals surface area contributed by atoms with Crippen molar-refractivity contribution in [1.82, 2.24) is 4.90 Å². The lowest BCUT2D eigenvalue weighted by atomic mass is 9.49. The second kappa shape index (κ2) is 5.49. The summed E-state index contributed by atoms with van der Waals surface area (Å²) < 4.78 is 5.59. The Labute approximate surface area is 146 Å². The van der Waals surface area contributed by atoms with Gasteiger partial charge in [-0.05, 0) is 79.7 Å². The van der Waals surface area contributed by atoms with Crippen molar-refractivity contribution in [3.05, 3.63) is 29.3 Å². The minimum absolute atomic E-state index is 0.435. The monoisotopic (exact) mass is 325 g/mol. The second-order valence-electron chi connectivity index (χ2n) is 9.03. The lowest BCUT2D eigenvalue weighted by molar-refractivity contribution is -0.0406. The van der Waals surface area contributed by atoms with Crippen LogP contribution in [0.1, 0.15) is 56.6 Å². The summed E-state index contributed by atoms with van der Waals surface area (Å²) in [6, 6.07) is 7.74. The lowest BCUT2D eigenvalue weighted by Gasteiger charge is -2.61. The van der Waals surface area contributed by atoms with E-state index in [4.69, 9.17) is 4.74 Å². The molecule has 1 aromatic carbocycles. The van der Waals surface area contributed by atoms with E-state index in [-0.39, 0.29) is 0 Å². The molecule has 0 amide bonds. The summed E-state index contributed by atoms with van der Waals surface area (Å²) in [5, 5.41) is 0. The number of methoxy groups -OCH3 is 1. The molecule has 0 aromatic heterocycles. The maximum atomic E-state index is 5.59. The van der Waals surface area contributed by atoms with Crippen molar-refractivity contribution in [2.45, 2.75) is 63.3 Å². The Hall–Kier alpha value is -1.02. The van der Waals surface area contributed by atoms with Gasteiger partial charge in [0, 0.05) is 18.0 Å². The topological polar surface area (TPSA) is 12.5 Å². The van der Waals surface area contributed by atoms with E-state index in [1.54, 1.807) is 11.1 Å². The minimum atomic E-state index is 0.435. The number of hydrogen-bond acceptors (Lipinski definition) is 2. The molecule has 130 valence electrons. The largest absolute Gasteiger partial charge is 0.497 e. The molecule has 5 rings (SSSR count). The molecule has 2 saturated carbocycles. The third kappa shape index (κ3) is 2.18. The zero-order valence-electron chi connectivity index (χ0n) is 15.3. The number of likely N-dealkylation sites (tertiary alicyclic amines) is 1. The fourth-order valence-electron chi connectivity index (χ4n) is 6.52. The SMILES string of the molecule is COc1ccc2c(c1)[C@@]13CCC[C@H](C)C1[C@@H](C2)N(CC1CC1)CC3. The van der Waals surface area contributed by atoms with E-state index in [2.05, 4.69) is 30.0 Å². The van der Waals surface area contributed by atoms with E-state index < -0.39 is 0 Å². The first-order valence-corrected chi connectivity index (χ1v) is 10.1. The van der Waals surface area contributed by atoms with Gasteiger partial charge in [0.05, 0.1) is 7.11 Å². The quantitative estimate of drug-likeness (QED) is 0.816. The molecular formula is C22H31NO. The normalized spacial score (nSPS) is 38.3. The number of ether oxygens (including phenoxy) is 1. The number of nitrogens with zero attached hydrogens (tertiary/aromatic N) is 1. The van der Waals surface area contributed by atoms with Gasteiger partial charge >= 0.3 is 0 Å². The van der Waals surface area contributed by atoms with Crippen molar-refractivity contribution < 1.29 is 4.74 Å². The van der Waals surface area contributed by atoms with Crippen LogP contribution in [0.4, 0.5) is 0 Å². The van der Waals surface area contributed by atoms with Crippen LogP contribution in [-0.4, -0.2) is 31.1 Å². The Morgan fingerprint density at radius 1 is 1.21 bits per heavy atom. The van der Waals surface area contributed by atoms with Crippen LogP contribution in [0, 0.1) is 17.8 Å². The highest BCUT2D eigenvalue weighted by Gasteiger charge is 2.56. The summed E-state index contributed by atoms with van der Waals surface area (Å²) in [5.41, 5.74) is 3.71. The van der Waals surface area contributed by atoms with Crippen LogP contribution in [0.15, 0.2) is 18.2 Å². The maximum Gasteiger partial charge on any atom is 0.119 e. The van der Waals surface area contributed by atoms with Gasteiger partial charge in [-0.15, -0.1) is 0 Å². The molecule has 1 aliphatic heterocycles. The second-order valence-corrected chi connectivity index (χ2v) is 9.03. The molecule has 4 aliphatic rings. The highest BCUT2D eigenvalue weighted by atomic mass is 16.5. The molecule has 2 bridgehead atoms. The predicted molar refractivity (Wildman–Crippen MR) is 97.6 cm³/mol. The van der Waals surface area contributed by atoms with Crippen molar-refractivity contribution in [2.24, 2.45) is 17.8 Å². The van der Waals surface area contributed by atoms with Crippen molar-refractivity contribution in [1.29, 1.82) is 0 Å². The molecule has 1 saturated heterocycles.